The molecule has 6 nitrogen and oxygen atoms in total. The Morgan fingerprint density at radius 3 is 2.69 bits per heavy atom. The van der Waals surface area contributed by atoms with Gasteiger partial charge in [0.05, 0.1) is 0 Å². The van der Waals surface area contributed by atoms with Crippen molar-refractivity contribution < 1.29 is 4.74 Å². The molecule has 0 atom stereocenters. The predicted molar refractivity (Wildman–Crippen MR) is 101 cm³/mol. The van der Waals surface area contributed by atoms with Crippen LogP contribution in [0.2, 0.25) is 0 Å². The van der Waals surface area contributed by atoms with Crippen LogP contribution in [0, 0.1) is 6.92 Å². The highest BCUT2D eigenvalue weighted by Crippen LogP contribution is 2.29. The third kappa shape index (κ3) is 3.35. The summed E-state index contributed by atoms with van der Waals surface area (Å²) < 4.78 is 6.18. The number of ether oxygens (including phenoxy) is 1. The Morgan fingerprint density at radius 2 is 1.85 bits per heavy atom. The molecule has 0 aliphatic heterocycles. The second kappa shape index (κ2) is 7.23. The number of aryl methyl sites for hydroxylation is 1. The number of anilines is 1. The van der Waals surface area contributed by atoms with Crippen LogP contribution in [0.1, 0.15) is 16.7 Å². The summed E-state index contributed by atoms with van der Waals surface area (Å²) in [5.41, 5.74) is 3.47. The summed E-state index contributed by atoms with van der Waals surface area (Å²) in [6.07, 6.45) is 0. The van der Waals surface area contributed by atoms with Crippen LogP contribution in [-0.2, 0) is 13.2 Å². The quantitative estimate of drug-likeness (QED) is 0.555. The van der Waals surface area contributed by atoms with Gasteiger partial charge in [-0.3, -0.25) is 0 Å². The van der Waals surface area contributed by atoms with Crippen molar-refractivity contribution in [3.8, 4) is 5.75 Å². The number of nitrogens with zero attached hydrogens (tertiary/aromatic N) is 3. The highest BCUT2D eigenvalue weighted by molar-refractivity contribution is 5.88. The van der Waals surface area contributed by atoms with Crippen LogP contribution in [0.4, 0.5) is 5.95 Å². The normalized spacial score (nSPS) is 10.8. The van der Waals surface area contributed by atoms with Gasteiger partial charge in [0.2, 0.25) is 0 Å². The number of H-pyrrole nitrogens is 1. The largest absolute Gasteiger partial charge is 0.489 e. The molecule has 0 fully saturated rings. The lowest BCUT2D eigenvalue weighted by Crippen LogP contribution is -2.06. The zero-order chi connectivity index (χ0) is 17.8. The van der Waals surface area contributed by atoms with Crippen LogP contribution in [0.25, 0.3) is 10.8 Å². The maximum atomic E-state index is 6.18. The van der Waals surface area contributed by atoms with Gasteiger partial charge in [0.1, 0.15) is 12.4 Å². The van der Waals surface area contributed by atoms with Gasteiger partial charge in [-0.2, -0.15) is 5.21 Å². The molecular weight excluding hydrogens is 326 g/mol. The first kappa shape index (κ1) is 16.1. The summed E-state index contributed by atoms with van der Waals surface area (Å²) in [5.74, 6) is 1.31. The maximum absolute atomic E-state index is 6.18. The number of nitrogens with one attached hydrogen (secondary N) is 2. The first-order valence-corrected chi connectivity index (χ1v) is 8.46. The van der Waals surface area contributed by atoms with E-state index in [1.54, 1.807) is 0 Å². The minimum atomic E-state index is 0.461. The molecule has 0 radical (unpaired) electrons. The number of benzene rings is 3. The van der Waals surface area contributed by atoms with Crippen molar-refractivity contribution in [1.82, 2.24) is 20.6 Å². The van der Waals surface area contributed by atoms with E-state index < -0.39 is 0 Å². The van der Waals surface area contributed by atoms with Crippen LogP contribution in [0.15, 0.2) is 60.7 Å². The highest BCUT2D eigenvalue weighted by atomic mass is 16.5. The molecule has 1 aromatic heterocycles. The standard InChI is InChI=1S/C20H19N5O/c1-14-6-2-3-8-16(14)13-26-19-11-10-15-7-4-5-9-17(15)18(19)12-21-20-22-24-25-23-20/h2-11H,12-13H2,1H3,(H2,21,22,23,24,25). The smallest absolute Gasteiger partial charge is 0.263 e. The monoisotopic (exact) mass is 345 g/mol. The summed E-state index contributed by atoms with van der Waals surface area (Å²) in [7, 11) is 0. The fraction of sp³-hybridized carbons (Fsp3) is 0.150. The summed E-state index contributed by atoms with van der Waals surface area (Å²) >= 11 is 0. The number of hydrogen-bond acceptors (Lipinski definition) is 5. The topological polar surface area (TPSA) is 75.7 Å². The molecule has 4 aromatic rings. The first-order chi connectivity index (χ1) is 12.8. The van der Waals surface area contributed by atoms with Crippen molar-refractivity contribution in [1.29, 1.82) is 0 Å². The summed E-state index contributed by atoms with van der Waals surface area (Å²) in [6.45, 7) is 3.17. The molecule has 0 saturated carbocycles. The Balaban J connectivity index is 1.64. The summed E-state index contributed by atoms with van der Waals surface area (Å²) in [4.78, 5) is 0. The van der Waals surface area contributed by atoms with Crippen LogP contribution >= 0.6 is 0 Å². The third-order valence-corrected chi connectivity index (χ3v) is 4.41. The van der Waals surface area contributed by atoms with Crippen molar-refractivity contribution >= 4 is 16.7 Å². The van der Waals surface area contributed by atoms with E-state index in [1.807, 2.05) is 30.3 Å². The molecule has 130 valence electrons. The van der Waals surface area contributed by atoms with Gasteiger partial charge in [0.15, 0.2) is 0 Å². The fourth-order valence-corrected chi connectivity index (χ4v) is 2.97. The molecule has 4 rings (SSSR count). The van der Waals surface area contributed by atoms with E-state index in [0.717, 1.165) is 16.7 Å². The van der Waals surface area contributed by atoms with Gasteiger partial charge in [0, 0.05) is 12.1 Å². The van der Waals surface area contributed by atoms with Gasteiger partial charge in [0.25, 0.3) is 5.95 Å². The molecule has 0 aliphatic carbocycles. The number of hydrogen-bond donors (Lipinski definition) is 2. The van der Waals surface area contributed by atoms with Gasteiger partial charge >= 0.3 is 0 Å². The zero-order valence-electron chi connectivity index (χ0n) is 14.4. The van der Waals surface area contributed by atoms with Gasteiger partial charge in [-0.05, 0) is 40.1 Å². The number of aromatic amines is 1. The molecule has 0 bridgehead atoms. The lowest BCUT2D eigenvalue weighted by atomic mass is 10.0. The van der Waals surface area contributed by atoms with Crippen LogP contribution in [-0.4, -0.2) is 20.6 Å². The number of fused-ring (bicyclic) bond motifs is 1. The van der Waals surface area contributed by atoms with Gasteiger partial charge in [-0.15, -0.1) is 5.10 Å². The summed E-state index contributed by atoms with van der Waals surface area (Å²) in [6, 6.07) is 20.6. The first-order valence-electron chi connectivity index (χ1n) is 8.46. The molecule has 6 heteroatoms. The molecule has 2 N–H and O–H groups in total. The van der Waals surface area contributed by atoms with Crippen LogP contribution < -0.4 is 10.1 Å². The molecule has 3 aromatic carbocycles. The van der Waals surface area contributed by atoms with E-state index in [9.17, 15) is 0 Å². The van der Waals surface area contributed by atoms with Crippen molar-refractivity contribution in [2.24, 2.45) is 0 Å². The lowest BCUT2D eigenvalue weighted by molar-refractivity contribution is 0.303. The third-order valence-electron chi connectivity index (χ3n) is 4.41. The Bertz CT molecular complexity index is 1010. The SMILES string of the molecule is Cc1ccccc1COc1ccc2ccccc2c1CNc1nn[nH]n1. The summed E-state index contributed by atoms with van der Waals surface area (Å²) in [5, 5.41) is 19.4. The number of rotatable bonds is 6. The van der Waals surface area contributed by atoms with E-state index in [1.165, 1.54) is 16.5 Å². The molecule has 0 aliphatic rings. The second-order valence-corrected chi connectivity index (χ2v) is 6.07. The number of tetrazole rings is 1. The van der Waals surface area contributed by atoms with Gasteiger partial charge in [-0.25, -0.2) is 0 Å². The zero-order valence-corrected chi connectivity index (χ0v) is 14.4. The molecule has 0 amide bonds. The highest BCUT2D eigenvalue weighted by Gasteiger charge is 2.11. The average Bonchev–Trinajstić information content (AvgIpc) is 3.19. The fourth-order valence-electron chi connectivity index (χ4n) is 2.97. The van der Waals surface area contributed by atoms with Crippen molar-refractivity contribution in [3.05, 3.63) is 77.4 Å². The predicted octanol–water partition coefficient (Wildman–Crippen LogP) is 3.85. The Hall–Kier alpha value is -3.41. The van der Waals surface area contributed by atoms with Crippen molar-refractivity contribution in [2.45, 2.75) is 20.1 Å². The minimum Gasteiger partial charge on any atom is -0.489 e. The van der Waals surface area contributed by atoms with E-state index in [0.29, 0.717) is 19.1 Å². The Labute approximate surface area is 151 Å². The van der Waals surface area contributed by atoms with E-state index >= 15 is 0 Å². The molecular formula is C20H19N5O. The second-order valence-electron chi connectivity index (χ2n) is 6.07. The van der Waals surface area contributed by atoms with Crippen molar-refractivity contribution in [3.63, 3.8) is 0 Å². The van der Waals surface area contributed by atoms with Crippen LogP contribution in [0.3, 0.4) is 0 Å². The molecule has 1 heterocycles. The van der Waals surface area contributed by atoms with Gasteiger partial charge in [-0.1, -0.05) is 59.7 Å². The minimum absolute atomic E-state index is 0.461. The van der Waals surface area contributed by atoms with E-state index in [-0.39, 0.29) is 0 Å². The van der Waals surface area contributed by atoms with Crippen LogP contribution in [0.5, 0.6) is 5.75 Å². The number of aromatic nitrogens is 4. The Kier molecular flexibility index (Phi) is 4.47. The molecule has 0 spiro atoms. The molecule has 0 saturated heterocycles. The van der Waals surface area contributed by atoms with Gasteiger partial charge < -0.3 is 10.1 Å². The lowest BCUT2D eigenvalue weighted by Gasteiger charge is -2.15. The van der Waals surface area contributed by atoms with E-state index in [4.69, 9.17) is 4.74 Å². The Morgan fingerprint density at radius 1 is 1.00 bits per heavy atom. The molecule has 26 heavy (non-hydrogen) atoms. The van der Waals surface area contributed by atoms with Crippen molar-refractivity contribution in [2.75, 3.05) is 5.32 Å². The molecule has 0 unspecified atom stereocenters. The maximum Gasteiger partial charge on any atom is 0.263 e. The average molecular weight is 345 g/mol. The van der Waals surface area contributed by atoms with E-state index in [2.05, 4.69) is 63.2 Å².